The molecule has 0 saturated carbocycles. The van der Waals surface area contributed by atoms with Gasteiger partial charge in [0.2, 0.25) is 0 Å². The van der Waals surface area contributed by atoms with E-state index in [1.165, 1.54) is 11.3 Å². The highest BCUT2D eigenvalue weighted by atomic mass is 35.5. The molecule has 0 aliphatic rings. The maximum atomic E-state index is 10.5. The lowest BCUT2D eigenvalue weighted by Crippen LogP contribution is -2.16. The smallest absolute Gasteiger partial charge is 0.305 e. The summed E-state index contributed by atoms with van der Waals surface area (Å²) in [4.78, 5) is 15.3. The molecule has 0 fully saturated rings. The number of carboxylic acid groups (broad SMARTS) is 1. The van der Waals surface area contributed by atoms with Crippen molar-refractivity contribution in [2.24, 2.45) is 5.73 Å². The van der Waals surface area contributed by atoms with Crippen LogP contribution in [-0.2, 0) is 4.79 Å². The molecule has 5 nitrogen and oxygen atoms in total. The van der Waals surface area contributed by atoms with Crippen LogP contribution in [0.5, 0.6) is 0 Å². The van der Waals surface area contributed by atoms with E-state index in [4.69, 9.17) is 22.4 Å². The first-order valence-corrected chi connectivity index (χ1v) is 5.43. The second-order valence-electron chi connectivity index (χ2n) is 3.05. The molecule has 15 heavy (non-hydrogen) atoms. The molecule has 0 saturated heterocycles. The van der Waals surface area contributed by atoms with Gasteiger partial charge in [0.1, 0.15) is 0 Å². The molecule has 1 atom stereocenters. The molecule has 80 valence electrons. The van der Waals surface area contributed by atoms with Crippen LogP contribution in [0.2, 0.25) is 5.15 Å². The van der Waals surface area contributed by atoms with Crippen LogP contribution >= 0.6 is 22.9 Å². The van der Waals surface area contributed by atoms with E-state index in [0.29, 0.717) is 5.69 Å². The number of hydrogen-bond acceptors (Lipinski definition) is 4. The van der Waals surface area contributed by atoms with Crippen molar-refractivity contribution in [2.45, 2.75) is 12.5 Å². The molecular formula is C8H8ClN3O2S. The van der Waals surface area contributed by atoms with Crippen LogP contribution in [0, 0.1) is 0 Å². The van der Waals surface area contributed by atoms with Crippen molar-refractivity contribution in [3.63, 3.8) is 0 Å². The van der Waals surface area contributed by atoms with Gasteiger partial charge in [0, 0.05) is 11.6 Å². The lowest BCUT2D eigenvalue weighted by molar-refractivity contribution is -0.137. The van der Waals surface area contributed by atoms with Crippen LogP contribution in [0.1, 0.15) is 18.2 Å². The van der Waals surface area contributed by atoms with Gasteiger partial charge in [-0.1, -0.05) is 11.6 Å². The highest BCUT2D eigenvalue weighted by Crippen LogP contribution is 2.26. The Bertz CT molecular complexity index is 507. The van der Waals surface area contributed by atoms with Crippen molar-refractivity contribution in [1.82, 2.24) is 9.38 Å². The predicted molar refractivity (Wildman–Crippen MR) is 57.3 cm³/mol. The van der Waals surface area contributed by atoms with Gasteiger partial charge >= 0.3 is 5.97 Å². The van der Waals surface area contributed by atoms with Crippen LogP contribution in [0.25, 0.3) is 4.96 Å². The fraction of sp³-hybridized carbons (Fsp3) is 0.250. The lowest BCUT2D eigenvalue weighted by Gasteiger charge is -2.07. The summed E-state index contributed by atoms with van der Waals surface area (Å²) in [6.45, 7) is 0. The molecule has 0 radical (unpaired) electrons. The van der Waals surface area contributed by atoms with Crippen LogP contribution < -0.4 is 5.73 Å². The number of thiazole rings is 1. The third-order valence-electron chi connectivity index (χ3n) is 2.00. The first-order valence-electron chi connectivity index (χ1n) is 4.18. The van der Waals surface area contributed by atoms with E-state index in [2.05, 4.69) is 4.98 Å². The van der Waals surface area contributed by atoms with Gasteiger partial charge in [-0.15, -0.1) is 11.3 Å². The molecule has 2 aromatic rings. The Morgan fingerprint density at radius 1 is 1.80 bits per heavy atom. The molecule has 1 unspecified atom stereocenters. The summed E-state index contributed by atoms with van der Waals surface area (Å²) in [5.41, 5.74) is 6.30. The molecule has 0 spiro atoms. The molecular weight excluding hydrogens is 238 g/mol. The average molecular weight is 246 g/mol. The quantitative estimate of drug-likeness (QED) is 0.859. The Morgan fingerprint density at radius 2 is 2.53 bits per heavy atom. The molecule has 0 amide bonds. The maximum Gasteiger partial charge on any atom is 0.305 e. The number of aliphatic carboxylic acids is 1. The Kier molecular flexibility index (Phi) is 2.64. The predicted octanol–water partition coefficient (Wildman–Crippen LogP) is 1.52. The van der Waals surface area contributed by atoms with E-state index >= 15 is 0 Å². The molecule has 0 aromatic carbocycles. The SMILES string of the molecule is NC(CC(=O)O)c1c(Cl)nc2sccn12. The van der Waals surface area contributed by atoms with Crippen molar-refractivity contribution >= 4 is 33.9 Å². The van der Waals surface area contributed by atoms with Crippen LogP contribution in [0.4, 0.5) is 0 Å². The molecule has 2 aromatic heterocycles. The zero-order valence-corrected chi connectivity index (χ0v) is 9.13. The number of hydrogen-bond donors (Lipinski definition) is 2. The third kappa shape index (κ3) is 1.83. The normalized spacial score (nSPS) is 13.2. The van der Waals surface area contributed by atoms with E-state index in [1.807, 2.05) is 5.38 Å². The summed E-state index contributed by atoms with van der Waals surface area (Å²) >= 11 is 7.31. The zero-order valence-electron chi connectivity index (χ0n) is 7.55. The number of rotatable bonds is 3. The highest BCUT2D eigenvalue weighted by molar-refractivity contribution is 7.15. The number of nitrogens with zero attached hydrogens (tertiary/aromatic N) is 2. The van der Waals surface area contributed by atoms with Crippen molar-refractivity contribution < 1.29 is 9.90 Å². The van der Waals surface area contributed by atoms with E-state index in [9.17, 15) is 4.79 Å². The Hall–Kier alpha value is -1.11. The van der Waals surface area contributed by atoms with Gasteiger partial charge in [0.15, 0.2) is 10.1 Å². The van der Waals surface area contributed by atoms with Crippen LogP contribution in [-0.4, -0.2) is 20.5 Å². The number of aromatic nitrogens is 2. The lowest BCUT2D eigenvalue weighted by atomic mass is 10.1. The topological polar surface area (TPSA) is 80.6 Å². The molecule has 0 aliphatic carbocycles. The molecule has 7 heteroatoms. The van der Waals surface area contributed by atoms with Crippen LogP contribution in [0.15, 0.2) is 11.6 Å². The van der Waals surface area contributed by atoms with Gasteiger partial charge in [0.25, 0.3) is 0 Å². The summed E-state index contributed by atoms with van der Waals surface area (Å²) in [5, 5.41) is 10.8. The minimum atomic E-state index is -0.955. The summed E-state index contributed by atoms with van der Waals surface area (Å²) < 4.78 is 1.72. The van der Waals surface area contributed by atoms with Gasteiger partial charge in [0.05, 0.1) is 18.2 Å². The second-order valence-corrected chi connectivity index (χ2v) is 4.28. The third-order valence-corrected chi connectivity index (χ3v) is 3.03. The Labute approximate surface area is 94.1 Å². The molecule has 2 rings (SSSR count). The Morgan fingerprint density at radius 3 is 3.20 bits per heavy atom. The van der Waals surface area contributed by atoms with Crippen LogP contribution in [0.3, 0.4) is 0 Å². The molecule has 0 bridgehead atoms. The standard InChI is InChI=1S/C8H8ClN3O2S/c9-7-6(4(10)3-5(13)14)12-1-2-15-8(12)11-7/h1-2,4H,3,10H2,(H,13,14). The van der Waals surface area contributed by atoms with Gasteiger partial charge < -0.3 is 10.8 Å². The maximum absolute atomic E-state index is 10.5. The van der Waals surface area contributed by atoms with E-state index in [-0.39, 0.29) is 11.6 Å². The van der Waals surface area contributed by atoms with Gasteiger partial charge in [-0.2, -0.15) is 0 Å². The molecule has 0 aliphatic heterocycles. The second kappa shape index (κ2) is 3.80. The first-order chi connectivity index (χ1) is 7.09. The van der Waals surface area contributed by atoms with E-state index in [1.54, 1.807) is 10.6 Å². The minimum Gasteiger partial charge on any atom is -0.481 e. The van der Waals surface area contributed by atoms with Crippen molar-refractivity contribution in [3.8, 4) is 0 Å². The number of imidazole rings is 1. The van der Waals surface area contributed by atoms with Crippen molar-refractivity contribution in [1.29, 1.82) is 0 Å². The summed E-state index contributed by atoms with van der Waals surface area (Å²) in [6, 6.07) is -0.639. The molecule has 3 N–H and O–H groups in total. The van der Waals surface area contributed by atoms with Gasteiger partial charge in [-0.25, -0.2) is 4.98 Å². The van der Waals surface area contributed by atoms with Crippen molar-refractivity contribution in [2.75, 3.05) is 0 Å². The molecule has 2 heterocycles. The Balaban J connectivity index is 2.44. The fourth-order valence-corrected chi connectivity index (χ4v) is 2.48. The fourth-order valence-electron chi connectivity index (χ4n) is 1.39. The number of carboxylic acids is 1. The van der Waals surface area contributed by atoms with E-state index < -0.39 is 12.0 Å². The van der Waals surface area contributed by atoms with Gasteiger partial charge in [-0.05, 0) is 0 Å². The minimum absolute atomic E-state index is 0.163. The average Bonchev–Trinajstić information content (AvgIpc) is 2.60. The first kappa shape index (κ1) is 10.4. The summed E-state index contributed by atoms with van der Waals surface area (Å²) in [7, 11) is 0. The van der Waals surface area contributed by atoms with E-state index in [0.717, 1.165) is 4.96 Å². The number of nitrogens with two attached hydrogens (primary N) is 1. The van der Waals surface area contributed by atoms with Gasteiger partial charge in [-0.3, -0.25) is 9.20 Å². The largest absolute Gasteiger partial charge is 0.481 e. The summed E-state index contributed by atoms with van der Waals surface area (Å²) in [6.07, 6.45) is 1.61. The number of fused-ring (bicyclic) bond motifs is 1. The number of carbonyl (C=O) groups is 1. The number of halogens is 1. The van der Waals surface area contributed by atoms with Crippen molar-refractivity contribution in [3.05, 3.63) is 22.4 Å². The monoisotopic (exact) mass is 245 g/mol. The highest BCUT2D eigenvalue weighted by Gasteiger charge is 2.20. The zero-order chi connectivity index (χ0) is 11.0. The summed E-state index contributed by atoms with van der Waals surface area (Å²) in [5.74, 6) is -0.955.